The molecule has 17 heavy (non-hydrogen) atoms. The maximum atomic E-state index is 10.9. The first kappa shape index (κ1) is 13.7. The van der Waals surface area contributed by atoms with Gasteiger partial charge >= 0.3 is 5.97 Å². The lowest BCUT2D eigenvalue weighted by Crippen LogP contribution is -2.22. The van der Waals surface area contributed by atoms with Crippen LogP contribution in [0.15, 0.2) is 12.4 Å². The van der Waals surface area contributed by atoms with Crippen molar-refractivity contribution in [1.29, 1.82) is 0 Å². The molecular formula is C12H21N3O2. The van der Waals surface area contributed by atoms with Crippen LogP contribution in [0.3, 0.4) is 0 Å². The average molecular weight is 239 g/mol. The maximum Gasteiger partial charge on any atom is 0.306 e. The zero-order valence-electron chi connectivity index (χ0n) is 11.0. The molecule has 0 unspecified atom stereocenters. The van der Waals surface area contributed by atoms with Gasteiger partial charge in [0.05, 0.1) is 25.3 Å². The molecule has 0 aliphatic heterocycles. The Morgan fingerprint density at radius 2 is 2.24 bits per heavy atom. The molecule has 0 saturated heterocycles. The second kappa shape index (κ2) is 5.82. The Bertz CT molecular complexity index is 366. The fourth-order valence-corrected chi connectivity index (χ4v) is 1.34. The van der Waals surface area contributed by atoms with Crippen molar-refractivity contribution in [3.8, 4) is 0 Å². The molecule has 0 amide bonds. The number of nitrogens with zero attached hydrogens (tertiary/aromatic N) is 2. The van der Waals surface area contributed by atoms with E-state index >= 15 is 0 Å². The van der Waals surface area contributed by atoms with E-state index in [0.29, 0.717) is 19.5 Å². The Kier molecular flexibility index (Phi) is 4.69. The van der Waals surface area contributed by atoms with Crippen LogP contribution in [0.2, 0.25) is 0 Å². The van der Waals surface area contributed by atoms with Crippen LogP contribution in [0, 0.1) is 0 Å². The average Bonchev–Trinajstić information content (AvgIpc) is 2.72. The summed E-state index contributed by atoms with van der Waals surface area (Å²) in [6, 6.07) is 0. The molecule has 1 aromatic heterocycles. The lowest BCUT2D eigenvalue weighted by molar-refractivity contribution is -0.140. The molecular weight excluding hydrogens is 218 g/mol. The smallest absolute Gasteiger partial charge is 0.306 e. The summed E-state index contributed by atoms with van der Waals surface area (Å²) >= 11 is 0. The third kappa shape index (κ3) is 4.56. The summed E-state index contributed by atoms with van der Waals surface area (Å²) in [6.07, 6.45) is 4.26. The van der Waals surface area contributed by atoms with Crippen LogP contribution >= 0.6 is 0 Å². The van der Waals surface area contributed by atoms with E-state index in [-0.39, 0.29) is 11.5 Å². The lowest BCUT2D eigenvalue weighted by atomic mass is 10.1. The monoisotopic (exact) mass is 239 g/mol. The normalized spacial score (nSPS) is 11.5. The molecule has 0 aliphatic rings. The van der Waals surface area contributed by atoms with E-state index in [2.05, 4.69) is 35.9 Å². The number of ether oxygens (including phenoxy) is 1. The second-order valence-electron chi connectivity index (χ2n) is 4.97. The van der Waals surface area contributed by atoms with Crippen molar-refractivity contribution in [1.82, 2.24) is 15.1 Å². The van der Waals surface area contributed by atoms with E-state index in [1.165, 1.54) is 7.11 Å². The molecule has 5 nitrogen and oxygen atoms in total. The molecule has 1 rings (SSSR count). The summed E-state index contributed by atoms with van der Waals surface area (Å²) in [5.74, 6) is -0.192. The molecule has 0 radical (unpaired) electrons. The van der Waals surface area contributed by atoms with Crippen molar-refractivity contribution >= 4 is 5.97 Å². The Balaban J connectivity index is 2.33. The summed E-state index contributed by atoms with van der Waals surface area (Å²) in [7, 11) is 1.40. The van der Waals surface area contributed by atoms with Gasteiger partial charge in [-0.2, -0.15) is 5.10 Å². The Morgan fingerprint density at radius 3 is 2.76 bits per heavy atom. The fraction of sp³-hybridized carbons (Fsp3) is 0.667. The van der Waals surface area contributed by atoms with Crippen molar-refractivity contribution in [2.45, 2.75) is 39.3 Å². The Morgan fingerprint density at radius 1 is 1.53 bits per heavy atom. The highest BCUT2D eigenvalue weighted by Crippen LogP contribution is 2.12. The van der Waals surface area contributed by atoms with Gasteiger partial charge in [0.15, 0.2) is 0 Å². The van der Waals surface area contributed by atoms with Crippen LogP contribution in [0.5, 0.6) is 0 Å². The van der Waals surface area contributed by atoms with Crippen LogP contribution in [0.25, 0.3) is 0 Å². The van der Waals surface area contributed by atoms with Crippen molar-refractivity contribution in [3.05, 3.63) is 18.0 Å². The molecule has 0 aliphatic carbocycles. The molecule has 96 valence electrons. The molecule has 1 N–H and O–H groups in total. The zero-order valence-corrected chi connectivity index (χ0v) is 11.0. The number of carbonyl (C=O) groups is 1. The van der Waals surface area contributed by atoms with Crippen molar-refractivity contribution in [2.24, 2.45) is 0 Å². The van der Waals surface area contributed by atoms with Gasteiger partial charge in [0.2, 0.25) is 0 Å². The van der Waals surface area contributed by atoms with Crippen molar-refractivity contribution in [2.75, 3.05) is 13.7 Å². The van der Waals surface area contributed by atoms with E-state index in [4.69, 9.17) is 0 Å². The third-order valence-electron chi connectivity index (χ3n) is 2.39. The van der Waals surface area contributed by atoms with E-state index in [1.807, 2.05) is 17.1 Å². The molecule has 1 heterocycles. The van der Waals surface area contributed by atoms with Crippen molar-refractivity contribution in [3.63, 3.8) is 0 Å². The largest absolute Gasteiger partial charge is 0.469 e. The third-order valence-corrected chi connectivity index (χ3v) is 2.39. The SMILES string of the molecule is COC(=O)CCNCc1cnn(C(C)(C)C)c1. The zero-order chi connectivity index (χ0) is 12.9. The Labute approximate surface area is 102 Å². The summed E-state index contributed by atoms with van der Waals surface area (Å²) in [5, 5.41) is 7.48. The minimum atomic E-state index is -0.192. The number of carbonyl (C=O) groups excluding carboxylic acids is 1. The topological polar surface area (TPSA) is 56.1 Å². The molecule has 0 atom stereocenters. The predicted octanol–water partition coefficient (Wildman–Crippen LogP) is 1.29. The van der Waals surface area contributed by atoms with Crippen LogP contribution < -0.4 is 5.32 Å². The molecule has 0 fully saturated rings. The number of methoxy groups -OCH3 is 1. The second-order valence-corrected chi connectivity index (χ2v) is 4.97. The van der Waals surface area contributed by atoms with Gasteiger partial charge in [0.1, 0.15) is 0 Å². The lowest BCUT2D eigenvalue weighted by Gasteiger charge is -2.18. The van der Waals surface area contributed by atoms with Crippen LogP contribution in [0.1, 0.15) is 32.8 Å². The van der Waals surface area contributed by atoms with E-state index in [1.54, 1.807) is 0 Å². The molecule has 0 aromatic carbocycles. The molecule has 1 aromatic rings. The van der Waals surface area contributed by atoms with E-state index in [0.717, 1.165) is 5.56 Å². The minimum Gasteiger partial charge on any atom is -0.469 e. The first-order chi connectivity index (χ1) is 7.93. The van der Waals surface area contributed by atoms with Gasteiger partial charge in [-0.15, -0.1) is 0 Å². The van der Waals surface area contributed by atoms with Gasteiger partial charge in [-0.1, -0.05) is 0 Å². The standard InChI is InChI=1S/C12H21N3O2/c1-12(2,3)15-9-10(8-14-15)7-13-6-5-11(16)17-4/h8-9,13H,5-7H2,1-4H3. The van der Waals surface area contributed by atoms with Gasteiger partial charge in [0.25, 0.3) is 0 Å². The van der Waals surface area contributed by atoms with Gasteiger partial charge in [-0.25, -0.2) is 0 Å². The highest BCUT2D eigenvalue weighted by molar-refractivity contribution is 5.69. The quantitative estimate of drug-likeness (QED) is 0.621. The molecule has 5 heteroatoms. The van der Waals surface area contributed by atoms with Crippen LogP contribution in [-0.4, -0.2) is 29.4 Å². The number of aromatic nitrogens is 2. The first-order valence-electron chi connectivity index (χ1n) is 5.75. The molecule has 0 saturated carbocycles. The first-order valence-corrected chi connectivity index (χ1v) is 5.75. The summed E-state index contributed by atoms with van der Waals surface area (Å²) in [6.45, 7) is 7.65. The maximum absolute atomic E-state index is 10.9. The predicted molar refractivity (Wildman–Crippen MR) is 65.6 cm³/mol. The van der Waals surface area contributed by atoms with Gasteiger partial charge < -0.3 is 10.1 Å². The van der Waals surface area contributed by atoms with Gasteiger partial charge in [-0.05, 0) is 20.8 Å². The van der Waals surface area contributed by atoms with Gasteiger partial charge in [0, 0.05) is 24.8 Å². The molecule has 0 spiro atoms. The number of hydrogen-bond donors (Lipinski definition) is 1. The summed E-state index contributed by atoms with van der Waals surface area (Å²) in [5.41, 5.74) is 1.12. The van der Waals surface area contributed by atoms with Crippen LogP contribution in [0.4, 0.5) is 0 Å². The fourth-order valence-electron chi connectivity index (χ4n) is 1.34. The summed E-state index contributed by atoms with van der Waals surface area (Å²) < 4.78 is 6.49. The van der Waals surface area contributed by atoms with Crippen molar-refractivity contribution < 1.29 is 9.53 Å². The highest BCUT2D eigenvalue weighted by Gasteiger charge is 2.13. The van der Waals surface area contributed by atoms with Gasteiger partial charge in [-0.3, -0.25) is 9.48 Å². The minimum absolute atomic E-state index is 0.00423. The van der Waals surface area contributed by atoms with E-state index < -0.39 is 0 Å². The number of nitrogens with one attached hydrogen (secondary N) is 1. The highest BCUT2D eigenvalue weighted by atomic mass is 16.5. The Hall–Kier alpha value is -1.36. The number of hydrogen-bond acceptors (Lipinski definition) is 4. The van der Waals surface area contributed by atoms with E-state index in [9.17, 15) is 4.79 Å². The molecule has 0 bridgehead atoms. The summed E-state index contributed by atoms with van der Waals surface area (Å²) in [4.78, 5) is 10.9. The number of rotatable bonds is 5. The number of esters is 1. The van der Waals surface area contributed by atoms with Crippen LogP contribution in [-0.2, 0) is 21.6 Å².